The summed E-state index contributed by atoms with van der Waals surface area (Å²) >= 11 is 1.71. The maximum Gasteiger partial charge on any atom is 0.151 e. The lowest BCUT2D eigenvalue weighted by Gasteiger charge is -2.06. The fourth-order valence-electron chi connectivity index (χ4n) is 1.85. The molecular formula is C16H16OS. The predicted octanol–water partition coefficient (Wildman–Crippen LogP) is 4.41. The van der Waals surface area contributed by atoms with Gasteiger partial charge in [-0.25, -0.2) is 0 Å². The number of carbonyl (C=O) groups excluding carboxylic acids is 1. The van der Waals surface area contributed by atoms with Gasteiger partial charge in [-0.3, -0.25) is 4.79 Å². The van der Waals surface area contributed by atoms with E-state index in [1.165, 1.54) is 11.1 Å². The monoisotopic (exact) mass is 256 g/mol. The highest BCUT2D eigenvalue weighted by atomic mass is 32.2. The average Bonchev–Trinajstić information content (AvgIpc) is 2.37. The van der Waals surface area contributed by atoms with Crippen LogP contribution in [0.15, 0.2) is 47.4 Å². The molecule has 0 aromatic heterocycles. The van der Waals surface area contributed by atoms with Crippen LogP contribution in [0.3, 0.4) is 0 Å². The Morgan fingerprint density at radius 3 is 2.56 bits per heavy atom. The maximum atomic E-state index is 11.0. The molecule has 2 heteroatoms. The molecule has 2 aromatic rings. The number of thioether (sulfide) groups is 1. The third-order valence-electron chi connectivity index (χ3n) is 2.77. The van der Waals surface area contributed by atoms with Crippen LogP contribution in [0.5, 0.6) is 0 Å². The van der Waals surface area contributed by atoms with Gasteiger partial charge in [-0.15, -0.1) is 11.8 Å². The zero-order chi connectivity index (χ0) is 13.0. The summed E-state index contributed by atoms with van der Waals surface area (Å²) < 4.78 is 0. The van der Waals surface area contributed by atoms with Gasteiger partial charge in [0.15, 0.2) is 6.29 Å². The molecule has 2 aromatic carbocycles. The second kappa shape index (κ2) is 5.87. The largest absolute Gasteiger partial charge is 0.298 e. The van der Waals surface area contributed by atoms with Crippen LogP contribution in [0.25, 0.3) is 0 Å². The van der Waals surface area contributed by atoms with Crippen molar-refractivity contribution in [3.8, 4) is 0 Å². The van der Waals surface area contributed by atoms with Crippen molar-refractivity contribution in [1.29, 1.82) is 0 Å². The number of hydrogen-bond donors (Lipinski definition) is 0. The van der Waals surface area contributed by atoms with E-state index in [2.05, 4.69) is 31.2 Å². The first kappa shape index (κ1) is 12.9. The van der Waals surface area contributed by atoms with Crippen LogP contribution in [0.1, 0.15) is 27.0 Å². The second-order valence-corrected chi connectivity index (χ2v) is 5.45. The molecule has 0 fully saturated rings. The highest BCUT2D eigenvalue weighted by Crippen LogP contribution is 2.26. The Morgan fingerprint density at radius 2 is 1.83 bits per heavy atom. The van der Waals surface area contributed by atoms with E-state index in [1.807, 2.05) is 25.1 Å². The van der Waals surface area contributed by atoms with Crippen LogP contribution in [-0.4, -0.2) is 6.29 Å². The Kier molecular flexibility index (Phi) is 4.21. The minimum Gasteiger partial charge on any atom is -0.298 e. The molecule has 0 heterocycles. The average molecular weight is 256 g/mol. The number of benzene rings is 2. The van der Waals surface area contributed by atoms with Crippen molar-refractivity contribution in [2.75, 3.05) is 0 Å². The quantitative estimate of drug-likeness (QED) is 0.595. The van der Waals surface area contributed by atoms with Gasteiger partial charge in [0.1, 0.15) is 0 Å². The molecule has 0 unspecified atom stereocenters. The van der Waals surface area contributed by atoms with Crippen molar-refractivity contribution in [3.63, 3.8) is 0 Å². The van der Waals surface area contributed by atoms with Crippen LogP contribution in [0, 0.1) is 13.8 Å². The highest BCUT2D eigenvalue weighted by molar-refractivity contribution is 7.98. The summed E-state index contributed by atoms with van der Waals surface area (Å²) in [6, 6.07) is 14.5. The minimum absolute atomic E-state index is 0.785. The first-order chi connectivity index (χ1) is 8.69. The minimum atomic E-state index is 0.785. The third kappa shape index (κ3) is 3.23. The third-order valence-corrected chi connectivity index (χ3v) is 3.93. The Hall–Kier alpha value is -1.54. The molecule has 0 bridgehead atoms. The van der Waals surface area contributed by atoms with Crippen LogP contribution in [-0.2, 0) is 5.75 Å². The summed E-state index contributed by atoms with van der Waals surface area (Å²) in [5.41, 5.74) is 4.47. The molecule has 2 rings (SSSR count). The Morgan fingerprint density at radius 1 is 1.06 bits per heavy atom. The van der Waals surface area contributed by atoms with Gasteiger partial charge in [-0.1, -0.05) is 41.5 Å². The lowest BCUT2D eigenvalue weighted by molar-refractivity contribution is 0.112. The number of aldehydes is 1. The molecule has 0 aliphatic rings. The summed E-state index contributed by atoms with van der Waals surface area (Å²) in [5, 5.41) is 0. The van der Waals surface area contributed by atoms with E-state index in [0.717, 1.165) is 28.1 Å². The van der Waals surface area contributed by atoms with Crippen molar-refractivity contribution in [2.45, 2.75) is 24.5 Å². The maximum absolute atomic E-state index is 11.0. The molecule has 0 saturated heterocycles. The lowest BCUT2D eigenvalue weighted by Crippen LogP contribution is -1.88. The zero-order valence-corrected chi connectivity index (χ0v) is 11.5. The Labute approximate surface area is 112 Å². The van der Waals surface area contributed by atoms with Crippen LogP contribution in [0.4, 0.5) is 0 Å². The lowest BCUT2D eigenvalue weighted by atomic mass is 10.1. The molecule has 0 amide bonds. The van der Waals surface area contributed by atoms with E-state index >= 15 is 0 Å². The van der Waals surface area contributed by atoms with Crippen molar-refractivity contribution in [3.05, 3.63) is 64.7 Å². The number of rotatable bonds is 4. The van der Waals surface area contributed by atoms with Crippen molar-refractivity contribution in [1.82, 2.24) is 0 Å². The van der Waals surface area contributed by atoms with Gasteiger partial charge in [0.25, 0.3) is 0 Å². The predicted molar refractivity (Wildman–Crippen MR) is 77.3 cm³/mol. The molecule has 0 radical (unpaired) electrons. The molecule has 18 heavy (non-hydrogen) atoms. The Bertz CT molecular complexity index is 561. The van der Waals surface area contributed by atoms with Gasteiger partial charge in [0.2, 0.25) is 0 Å². The number of aryl methyl sites for hydroxylation is 2. The molecule has 0 N–H and O–H groups in total. The molecule has 0 spiro atoms. The number of hydrogen-bond acceptors (Lipinski definition) is 2. The van der Waals surface area contributed by atoms with Gasteiger partial charge in [0, 0.05) is 16.2 Å². The molecule has 0 aliphatic heterocycles. The Balaban J connectivity index is 2.13. The summed E-state index contributed by atoms with van der Waals surface area (Å²) in [4.78, 5) is 12.1. The summed E-state index contributed by atoms with van der Waals surface area (Å²) in [7, 11) is 0. The standard InChI is InChI=1S/C16H16OS/c1-12-4-3-5-14(8-12)11-18-16-7-6-13(2)9-15(16)10-17/h3-10H,11H2,1-2H3. The summed E-state index contributed by atoms with van der Waals surface area (Å²) in [5.74, 6) is 0.894. The first-order valence-corrected chi connectivity index (χ1v) is 6.92. The fourth-order valence-corrected chi connectivity index (χ4v) is 2.79. The van der Waals surface area contributed by atoms with Gasteiger partial charge < -0.3 is 0 Å². The van der Waals surface area contributed by atoms with Gasteiger partial charge in [0.05, 0.1) is 0 Å². The van der Waals surface area contributed by atoms with Crippen LogP contribution in [0.2, 0.25) is 0 Å². The molecule has 92 valence electrons. The molecule has 0 aliphatic carbocycles. The van der Waals surface area contributed by atoms with Gasteiger partial charge in [-0.2, -0.15) is 0 Å². The van der Waals surface area contributed by atoms with E-state index in [-0.39, 0.29) is 0 Å². The summed E-state index contributed by atoms with van der Waals surface area (Å²) in [6.07, 6.45) is 0.936. The van der Waals surface area contributed by atoms with Crippen molar-refractivity contribution >= 4 is 18.0 Å². The topological polar surface area (TPSA) is 17.1 Å². The van der Waals surface area contributed by atoms with E-state index < -0.39 is 0 Å². The van der Waals surface area contributed by atoms with E-state index in [4.69, 9.17) is 0 Å². The van der Waals surface area contributed by atoms with E-state index in [1.54, 1.807) is 11.8 Å². The second-order valence-electron chi connectivity index (χ2n) is 4.44. The van der Waals surface area contributed by atoms with Crippen molar-refractivity contribution < 1.29 is 4.79 Å². The SMILES string of the molecule is Cc1cccc(CSc2ccc(C)cc2C=O)c1. The normalized spacial score (nSPS) is 10.3. The molecule has 1 nitrogen and oxygen atoms in total. The molecule has 0 saturated carbocycles. The molecular weight excluding hydrogens is 240 g/mol. The first-order valence-electron chi connectivity index (χ1n) is 5.93. The highest BCUT2D eigenvalue weighted by Gasteiger charge is 2.03. The number of carbonyl (C=O) groups is 1. The van der Waals surface area contributed by atoms with Gasteiger partial charge >= 0.3 is 0 Å². The zero-order valence-electron chi connectivity index (χ0n) is 10.6. The molecule has 0 atom stereocenters. The summed E-state index contributed by atoms with van der Waals surface area (Å²) in [6.45, 7) is 4.10. The van der Waals surface area contributed by atoms with Crippen LogP contribution >= 0.6 is 11.8 Å². The fraction of sp³-hybridized carbons (Fsp3) is 0.188. The van der Waals surface area contributed by atoms with Crippen LogP contribution < -0.4 is 0 Å². The van der Waals surface area contributed by atoms with E-state index in [9.17, 15) is 4.79 Å². The van der Waals surface area contributed by atoms with Gasteiger partial charge in [-0.05, 0) is 31.5 Å². The van der Waals surface area contributed by atoms with E-state index in [0.29, 0.717) is 0 Å². The van der Waals surface area contributed by atoms with Crippen molar-refractivity contribution in [2.24, 2.45) is 0 Å². The smallest absolute Gasteiger partial charge is 0.151 e.